The number of hydrogen-bond acceptors (Lipinski definition) is 4. The average molecular weight is 416 g/mol. The molecule has 0 aromatic heterocycles. The fourth-order valence-corrected chi connectivity index (χ4v) is 3.70. The first-order valence-electron chi connectivity index (χ1n) is 10.1. The lowest BCUT2D eigenvalue weighted by atomic mass is 9.99. The van der Waals surface area contributed by atoms with Crippen LogP contribution in [-0.2, 0) is 9.53 Å². The van der Waals surface area contributed by atoms with Crippen molar-refractivity contribution in [3.8, 4) is 11.1 Å². The smallest absolute Gasteiger partial charge is 0.255 e. The number of nitrogens with zero attached hydrogens (tertiary/aromatic N) is 1. The van der Waals surface area contributed by atoms with Crippen molar-refractivity contribution in [1.29, 1.82) is 0 Å². The molecule has 6 heteroatoms. The van der Waals surface area contributed by atoms with Gasteiger partial charge in [0.1, 0.15) is 12.7 Å². The van der Waals surface area contributed by atoms with Crippen LogP contribution in [0.3, 0.4) is 0 Å². The van der Waals surface area contributed by atoms with Gasteiger partial charge in [-0.3, -0.25) is 9.59 Å². The Morgan fingerprint density at radius 3 is 2.29 bits per heavy atom. The highest BCUT2D eigenvalue weighted by atomic mass is 16.5. The summed E-state index contributed by atoms with van der Waals surface area (Å²) in [6, 6.07) is 24.3. The number of benzene rings is 3. The van der Waals surface area contributed by atoms with Gasteiger partial charge in [-0.25, -0.2) is 0 Å². The fourth-order valence-electron chi connectivity index (χ4n) is 3.70. The van der Waals surface area contributed by atoms with Crippen LogP contribution in [0, 0.1) is 0 Å². The zero-order valence-corrected chi connectivity index (χ0v) is 17.2. The van der Waals surface area contributed by atoms with Crippen LogP contribution < -0.4 is 5.32 Å². The number of amides is 2. The van der Waals surface area contributed by atoms with E-state index >= 15 is 0 Å². The molecule has 1 fully saturated rings. The van der Waals surface area contributed by atoms with Crippen LogP contribution in [0.25, 0.3) is 11.1 Å². The van der Waals surface area contributed by atoms with E-state index in [0.29, 0.717) is 11.3 Å². The number of rotatable bonds is 5. The molecule has 0 spiro atoms. The number of aliphatic hydroxyl groups is 1. The molecule has 31 heavy (non-hydrogen) atoms. The Morgan fingerprint density at radius 2 is 1.65 bits per heavy atom. The van der Waals surface area contributed by atoms with E-state index in [4.69, 9.17) is 4.74 Å². The first-order chi connectivity index (χ1) is 15.1. The molecule has 0 unspecified atom stereocenters. The topological polar surface area (TPSA) is 78.9 Å². The maximum atomic E-state index is 12.6. The molecule has 2 amide bonds. The van der Waals surface area contributed by atoms with Gasteiger partial charge in [0, 0.05) is 18.3 Å². The number of hydrogen-bond donors (Lipinski definition) is 2. The van der Waals surface area contributed by atoms with Gasteiger partial charge in [0.15, 0.2) is 0 Å². The van der Waals surface area contributed by atoms with Gasteiger partial charge in [-0.2, -0.15) is 0 Å². The van der Waals surface area contributed by atoms with Gasteiger partial charge in [0.05, 0.1) is 12.6 Å². The molecule has 158 valence electrons. The second kappa shape index (κ2) is 9.12. The number of anilines is 1. The lowest BCUT2D eigenvalue weighted by molar-refractivity contribution is -0.157. The van der Waals surface area contributed by atoms with Crippen LogP contribution in [0.4, 0.5) is 5.69 Å². The molecule has 0 bridgehead atoms. The first-order valence-corrected chi connectivity index (χ1v) is 10.1. The molecule has 3 aromatic carbocycles. The quantitative estimate of drug-likeness (QED) is 0.667. The normalized spacial score (nSPS) is 18.6. The Labute approximate surface area is 181 Å². The summed E-state index contributed by atoms with van der Waals surface area (Å²) in [5, 5.41) is 12.6. The van der Waals surface area contributed by atoms with Crippen molar-refractivity contribution in [1.82, 2.24) is 4.90 Å². The van der Waals surface area contributed by atoms with E-state index in [0.717, 1.165) is 16.7 Å². The number of aliphatic hydroxyl groups excluding tert-OH is 1. The summed E-state index contributed by atoms with van der Waals surface area (Å²) in [4.78, 5) is 25.9. The fraction of sp³-hybridized carbons (Fsp3) is 0.200. The van der Waals surface area contributed by atoms with Crippen molar-refractivity contribution < 1.29 is 19.4 Å². The summed E-state index contributed by atoms with van der Waals surface area (Å²) < 4.78 is 5.65. The molecule has 1 aliphatic rings. The predicted octanol–water partition coefficient (Wildman–Crippen LogP) is 3.50. The molecule has 1 heterocycles. The van der Waals surface area contributed by atoms with Crippen molar-refractivity contribution >= 4 is 17.5 Å². The van der Waals surface area contributed by atoms with Crippen molar-refractivity contribution in [2.45, 2.75) is 12.1 Å². The third-order valence-electron chi connectivity index (χ3n) is 5.57. The van der Waals surface area contributed by atoms with Crippen LogP contribution in [0.1, 0.15) is 22.0 Å². The maximum absolute atomic E-state index is 12.6. The van der Waals surface area contributed by atoms with E-state index in [2.05, 4.69) is 5.32 Å². The van der Waals surface area contributed by atoms with Gasteiger partial charge in [0.25, 0.3) is 5.91 Å². The Bertz CT molecular complexity index is 1050. The molecule has 3 aromatic rings. The van der Waals surface area contributed by atoms with Gasteiger partial charge in [0.2, 0.25) is 5.91 Å². The molecule has 1 aliphatic heterocycles. The molecular weight excluding hydrogens is 392 g/mol. The summed E-state index contributed by atoms with van der Waals surface area (Å²) in [6.45, 7) is -0.209. The van der Waals surface area contributed by atoms with Gasteiger partial charge < -0.3 is 20.1 Å². The van der Waals surface area contributed by atoms with Crippen molar-refractivity contribution in [3.05, 3.63) is 90.0 Å². The second-order valence-corrected chi connectivity index (χ2v) is 7.51. The molecule has 1 saturated heterocycles. The highest BCUT2D eigenvalue weighted by Gasteiger charge is 2.34. The monoisotopic (exact) mass is 416 g/mol. The SMILES string of the molecule is CN1C(=O)CO[C@H](c2ccc(NC(=O)c3ccc(-c4ccccc4)cc3)cc2)[C@H]1CO. The summed E-state index contributed by atoms with van der Waals surface area (Å²) in [5.74, 6) is -0.350. The van der Waals surface area contributed by atoms with E-state index in [1.807, 2.05) is 54.6 Å². The van der Waals surface area contributed by atoms with Crippen LogP contribution in [0.15, 0.2) is 78.9 Å². The van der Waals surface area contributed by atoms with E-state index in [9.17, 15) is 14.7 Å². The Balaban J connectivity index is 1.43. The van der Waals surface area contributed by atoms with Crippen LogP contribution in [0.5, 0.6) is 0 Å². The maximum Gasteiger partial charge on any atom is 0.255 e. The zero-order valence-electron chi connectivity index (χ0n) is 17.2. The van der Waals surface area contributed by atoms with E-state index < -0.39 is 12.1 Å². The standard InChI is InChI=1S/C25H24N2O4/c1-27-22(15-28)24(31-16-23(27)29)19-11-13-21(14-12-19)26-25(30)20-9-7-18(8-10-20)17-5-3-2-4-6-17/h2-14,22,24,28H,15-16H2,1H3,(H,26,30)/t22-,24-/m1/s1. The van der Waals surface area contributed by atoms with Crippen LogP contribution in [0.2, 0.25) is 0 Å². The molecule has 2 atom stereocenters. The molecule has 0 radical (unpaired) electrons. The van der Waals surface area contributed by atoms with Gasteiger partial charge in [-0.15, -0.1) is 0 Å². The number of ether oxygens (including phenoxy) is 1. The third-order valence-corrected chi connectivity index (χ3v) is 5.57. The first kappa shape index (κ1) is 20.8. The molecular formula is C25H24N2O4. The average Bonchev–Trinajstić information content (AvgIpc) is 2.82. The van der Waals surface area contributed by atoms with E-state index in [1.165, 1.54) is 4.90 Å². The Morgan fingerprint density at radius 1 is 1.00 bits per heavy atom. The van der Waals surface area contributed by atoms with Crippen molar-refractivity contribution in [2.75, 3.05) is 25.6 Å². The van der Waals surface area contributed by atoms with Gasteiger partial charge in [-0.1, -0.05) is 54.6 Å². The Hall–Kier alpha value is -3.48. The predicted molar refractivity (Wildman–Crippen MR) is 119 cm³/mol. The summed E-state index contributed by atoms with van der Waals surface area (Å²) in [6.07, 6.45) is -0.414. The van der Waals surface area contributed by atoms with Crippen LogP contribution in [-0.4, -0.2) is 48.1 Å². The number of carbonyl (C=O) groups is 2. The van der Waals surface area contributed by atoms with Crippen LogP contribution >= 0.6 is 0 Å². The number of morpholine rings is 1. The molecule has 0 aliphatic carbocycles. The third kappa shape index (κ3) is 4.50. The number of carbonyl (C=O) groups excluding carboxylic acids is 2. The lowest BCUT2D eigenvalue weighted by Crippen LogP contribution is -2.50. The minimum Gasteiger partial charge on any atom is -0.394 e. The largest absolute Gasteiger partial charge is 0.394 e. The summed E-state index contributed by atoms with van der Waals surface area (Å²) >= 11 is 0. The van der Waals surface area contributed by atoms with E-state index in [1.54, 1.807) is 31.3 Å². The van der Waals surface area contributed by atoms with Crippen molar-refractivity contribution in [2.24, 2.45) is 0 Å². The summed E-state index contributed by atoms with van der Waals surface area (Å²) in [7, 11) is 1.66. The lowest BCUT2D eigenvalue weighted by Gasteiger charge is -2.38. The molecule has 4 rings (SSSR count). The Kier molecular flexibility index (Phi) is 6.11. The minimum absolute atomic E-state index is 0.0187. The second-order valence-electron chi connectivity index (χ2n) is 7.51. The summed E-state index contributed by atoms with van der Waals surface area (Å²) in [5.41, 5.74) is 4.21. The highest BCUT2D eigenvalue weighted by molar-refractivity contribution is 6.04. The van der Waals surface area contributed by atoms with E-state index in [-0.39, 0.29) is 25.0 Å². The molecule has 0 saturated carbocycles. The highest BCUT2D eigenvalue weighted by Crippen LogP contribution is 2.29. The minimum atomic E-state index is -0.440. The van der Waals surface area contributed by atoms with Gasteiger partial charge in [-0.05, 0) is 41.0 Å². The number of likely N-dealkylation sites (N-methyl/N-ethyl adjacent to an activating group) is 1. The molecule has 6 nitrogen and oxygen atoms in total. The zero-order chi connectivity index (χ0) is 21.8. The van der Waals surface area contributed by atoms with Crippen molar-refractivity contribution in [3.63, 3.8) is 0 Å². The number of nitrogens with one attached hydrogen (secondary N) is 1. The van der Waals surface area contributed by atoms with Gasteiger partial charge >= 0.3 is 0 Å². The molecule has 2 N–H and O–H groups in total.